The van der Waals surface area contributed by atoms with Crippen LogP contribution in [0.25, 0.3) is 0 Å². The van der Waals surface area contributed by atoms with Crippen molar-refractivity contribution in [2.45, 2.75) is 49.7 Å². The van der Waals surface area contributed by atoms with Gasteiger partial charge in [-0.2, -0.15) is 0 Å². The lowest BCUT2D eigenvalue weighted by atomic mass is 10.0. The zero-order valence-electron chi connectivity index (χ0n) is 16.6. The first-order chi connectivity index (χ1) is 13.7. The summed E-state index contributed by atoms with van der Waals surface area (Å²) in [5.74, 6) is 0.883. The van der Waals surface area contributed by atoms with Gasteiger partial charge in [0.15, 0.2) is 0 Å². The van der Waals surface area contributed by atoms with Gasteiger partial charge < -0.3 is 9.47 Å². The Kier molecular flexibility index (Phi) is 4.42. The number of fused-ring (bicyclic) bond motifs is 1. The van der Waals surface area contributed by atoms with Crippen LogP contribution in [0.1, 0.15) is 20.3 Å². The normalized spacial score (nSPS) is 32.2. The molecule has 1 N–H and O–H groups in total. The summed E-state index contributed by atoms with van der Waals surface area (Å²) in [5, 5.41) is 6.84. The lowest BCUT2D eigenvalue weighted by molar-refractivity contribution is -0.0637. The zero-order valence-corrected chi connectivity index (χ0v) is 17.6. The molecule has 0 aromatic heterocycles. The van der Waals surface area contributed by atoms with Crippen molar-refractivity contribution in [3.63, 3.8) is 0 Å². The molecule has 28 heavy (non-hydrogen) atoms. The molecule has 0 spiro atoms. The number of hydrogen-bond donors (Lipinski definition) is 1. The molecule has 5 heteroatoms. The molecule has 3 heterocycles. The van der Waals surface area contributed by atoms with Gasteiger partial charge in [0, 0.05) is 12.1 Å². The Hall–Kier alpha value is -1.95. The van der Waals surface area contributed by atoms with Crippen LogP contribution in [0.3, 0.4) is 0 Å². The summed E-state index contributed by atoms with van der Waals surface area (Å²) in [7, 11) is -2.08. The van der Waals surface area contributed by atoms with E-state index in [2.05, 4.69) is 72.9 Å². The molecule has 5 rings (SSSR count). The molecule has 2 saturated heterocycles. The third-order valence-electron chi connectivity index (χ3n) is 6.83. The number of rotatable bonds is 5. The summed E-state index contributed by atoms with van der Waals surface area (Å²) in [6.07, 6.45) is 1.03. The van der Waals surface area contributed by atoms with E-state index in [1.54, 1.807) is 0 Å². The van der Waals surface area contributed by atoms with Crippen LogP contribution in [0.4, 0.5) is 0 Å². The molecule has 2 aromatic rings. The fourth-order valence-electron chi connectivity index (χ4n) is 5.92. The Morgan fingerprint density at radius 1 is 1.00 bits per heavy atom. The van der Waals surface area contributed by atoms with Crippen molar-refractivity contribution >= 4 is 24.3 Å². The second-order valence-corrected chi connectivity index (χ2v) is 12.2. The Morgan fingerprint density at radius 2 is 1.64 bits per heavy atom. The number of benzene rings is 2. The third kappa shape index (κ3) is 2.39. The van der Waals surface area contributed by atoms with E-state index in [0.29, 0.717) is 18.8 Å². The Morgan fingerprint density at radius 3 is 2.21 bits per heavy atom. The van der Waals surface area contributed by atoms with Gasteiger partial charge in [-0.3, -0.25) is 5.32 Å². The molecule has 4 nitrogen and oxygen atoms in total. The summed E-state index contributed by atoms with van der Waals surface area (Å²) in [4.78, 5) is 5.13. The molecule has 0 radical (unpaired) electrons. The van der Waals surface area contributed by atoms with Gasteiger partial charge in [0.1, 0.15) is 13.8 Å². The van der Waals surface area contributed by atoms with E-state index in [-0.39, 0.29) is 17.8 Å². The highest BCUT2D eigenvalue weighted by atomic mass is 28.3. The first-order valence-electron chi connectivity index (χ1n) is 10.5. The highest BCUT2D eigenvalue weighted by Gasteiger charge is 2.71. The van der Waals surface area contributed by atoms with Crippen molar-refractivity contribution in [1.82, 2.24) is 5.32 Å². The maximum atomic E-state index is 6.53. The highest BCUT2D eigenvalue weighted by Crippen LogP contribution is 2.57. The Labute approximate surface area is 168 Å². The predicted octanol–water partition coefficient (Wildman–Crippen LogP) is 2.55. The molecule has 3 aliphatic rings. The lowest BCUT2D eigenvalue weighted by Gasteiger charge is -2.39. The molecule has 2 aromatic carbocycles. The standard InChI is InChI=1S/C23H28N2O2Si/c1-3-26-22-19-15-21-23(25-19,27-4-2)20(24-22)16-28(21,17-11-7-5-8-12-17)18-13-9-6-10-14-18/h5-14,19-21,25H,3-4,15-16H2,1-2H3/t19-,20-,21-,23+/m1/s1. The van der Waals surface area contributed by atoms with E-state index in [9.17, 15) is 0 Å². The molecule has 2 bridgehead atoms. The summed E-state index contributed by atoms with van der Waals surface area (Å²) in [6.45, 7) is 5.49. The van der Waals surface area contributed by atoms with Crippen LogP contribution in [0, 0.1) is 0 Å². The average molecular weight is 393 g/mol. The monoisotopic (exact) mass is 392 g/mol. The quantitative estimate of drug-likeness (QED) is 0.796. The minimum absolute atomic E-state index is 0.102. The van der Waals surface area contributed by atoms with E-state index < -0.39 is 8.07 Å². The van der Waals surface area contributed by atoms with Gasteiger partial charge in [-0.15, -0.1) is 0 Å². The summed E-state index contributed by atoms with van der Waals surface area (Å²) >= 11 is 0. The van der Waals surface area contributed by atoms with Crippen molar-refractivity contribution in [1.29, 1.82) is 0 Å². The van der Waals surface area contributed by atoms with Crippen LogP contribution in [0.2, 0.25) is 11.6 Å². The largest absolute Gasteiger partial charge is 0.480 e. The average Bonchev–Trinajstić information content (AvgIpc) is 3.20. The summed E-state index contributed by atoms with van der Waals surface area (Å²) in [5.41, 5.74) is 0.0687. The second-order valence-electron chi connectivity index (χ2n) is 8.04. The zero-order chi connectivity index (χ0) is 19.2. The van der Waals surface area contributed by atoms with Gasteiger partial charge in [-0.05, 0) is 26.3 Å². The topological polar surface area (TPSA) is 42.8 Å². The van der Waals surface area contributed by atoms with Crippen LogP contribution >= 0.6 is 0 Å². The van der Waals surface area contributed by atoms with Crippen LogP contribution in [0.15, 0.2) is 65.7 Å². The van der Waals surface area contributed by atoms with Crippen molar-refractivity contribution < 1.29 is 9.47 Å². The van der Waals surface area contributed by atoms with E-state index >= 15 is 0 Å². The molecule has 0 unspecified atom stereocenters. The molecule has 0 amide bonds. The lowest BCUT2D eigenvalue weighted by Crippen LogP contribution is -2.62. The molecular weight excluding hydrogens is 364 g/mol. The second kappa shape index (κ2) is 6.83. The maximum Gasteiger partial charge on any atom is 0.201 e. The Balaban J connectivity index is 1.71. The van der Waals surface area contributed by atoms with Gasteiger partial charge in [0.25, 0.3) is 0 Å². The van der Waals surface area contributed by atoms with Crippen molar-refractivity contribution in [2.75, 3.05) is 13.2 Å². The minimum atomic E-state index is -2.08. The molecule has 3 aliphatic heterocycles. The van der Waals surface area contributed by atoms with Crippen molar-refractivity contribution in [3.8, 4) is 0 Å². The molecule has 0 aliphatic carbocycles. The molecule has 4 atom stereocenters. The maximum absolute atomic E-state index is 6.53. The van der Waals surface area contributed by atoms with Crippen molar-refractivity contribution in [2.24, 2.45) is 4.99 Å². The molecule has 0 saturated carbocycles. The first-order valence-corrected chi connectivity index (χ1v) is 12.8. The number of nitrogens with zero attached hydrogens (tertiary/aromatic N) is 1. The fraction of sp³-hybridized carbons (Fsp3) is 0.435. The van der Waals surface area contributed by atoms with E-state index in [0.717, 1.165) is 18.4 Å². The van der Waals surface area contributed by atoms with E-state index in [1.807, 2.05) is 6.92 Å². The van der Waals surface area contributed by atoms with Crippen LogP contribution in [-0.2, 0) is 9.47 Å². The van der Waals surface area contributed by atoms with Crippen LogP contribution in [-0.4, -0.2) is 45.0 Å². The predicted molar refractivity (Wildman–Crippen MR) is 115 cm³/mol. The molecule has 2 fully saturated rings. The fourth-order valence-corrected chi connectivity index (χ4v) is 12.1. The van der Waals surface area contributed by atoms with E-state index in [1.165, 1.54) is 10.4 Å². The minimum Gasteiger partial charge on any atom is -0.480 e. The van der Waals surface area contributed by atoms with Gasteiger partial charge in [0.2, 0.25) is 5.90 Å². The van der Waals surface area contributed by atoms with Gasteiger partial charge >= 0.3 is 0 Å². The SMILES string of the molecule is CCOC1=N[C@@H]2C[Si](c3ccccc3)(c3ccccc3)[C@@H]3C[C@H]1N[C@@]32OCC. The number of ether oxygens (including phenoxy) is 2. The highest BCUT2D eigenvalue weighted by molar-refractivity contribution is 7.04. The summed E-state index contributed by atoms with van der Waals surface area (Å²) in [6, 6.07) is 23.6. The number of hydrogen-bond acceptors (Lipinski definition) is 4. The summed E-state index contributed by atoms with van der Waals surface area (Å²) < 4.78 is 12.4. The molecular formula is C23H28N2O2Si. The smallest absolute Gasteiger partial charge is 0.201 e. The molecule has 146 valence electrons. The third-order valence-corrected chi connectivity index (χ3v) is 12.4. The number of aliphatic imine (C=N–C) groups is 1. The van der Waals surface area contributed by atoms with Crippen molar-refractivity contribution in [3.05, 3.63) is 60.7 Å². The van der Waals surface area contributed by atoms with Crippen LogP contribution < -0.4 is 15.7 Å². The number of nitrogens with one attached hydrogen (secondary N) is 1. The van der Waals surface area contributed by atoms with Gasteiger partial charge in [-0.1, -0.05) is 71.0 Å². The van der Waals surface area contributed by atoms with E-state index in [4.69, 9.17) is 14.5 Å². The Bertz CT molecular complexity index is 833. The van der Waals surface area contributed by atoms with Gasteiger partial charge in [0.05, 0.1) is 18.7 Å². The van der Waals surface area contributed by atoms with Crippen LogP contribution in [0.5, 0.6) is 0 Å². The van der Waals surface area contributed by atoms with Gasteiger partial charge in [-0.25, -0.2) is 4.99 Å². The first kappa shape index (κ1) is 18.1.